The summed E-state index contributed by atoms with van der Waals surface area (Å²) in [6.45, 7) is 1.80. The van der Waals surface area contributed by atoms with Gasteiger partial charge in [0.15, 0.2) is 4.34 Å². The van der Waals surface area contributed by atoms with Gasteiger partial charge in [0.05, 0.1) is 25.2 Å². The Balaban J connectivity index is 1.60. The highest BCUT2D eigenvalue weighted by Crippen LogP contribution is 2.32. The normalized spacial score (nSPS) is 11.6. The molecule has 7 nitrogen and oxygen atoms in total. The van der Waals surface area contributed by atoms with E-state index in [9.17, 15) is 4.79 Å². The zero-order valence-corrected chi connectivity index (χ0v) is 18.3. The quantitative estimate of drug-likeness (QED) is 0.463. The molecule has 0 aliphatic heterocycles. The Labute approximate surface area is 181 Å². The van der Waals surface area contributed by atoms with Crippen molar-refractivity contribution in [3.8, 4) is 11.5 Å². The molecule has 0 aliphatic rings. The first-order chi connectivity index (χ1) is 14.0. The van der Waals surface area contributed by atoms with Crippen LogP contribution in [0.25, 0.3) is 0 Å². The molecule has 1 amide bonds. The minimum atomic E-state index is -0.388. The number of benzene rings is 2. The van der Waals surface area contributed by atoms with Crippen LogP contribution in [0.5, 0.6) is 11.5 Å². The van der Waals surface area contributed by atoms with Crippen molar-refractivity contribution < 1.29 is 14.3 Å². The molecule has 2 N–H and O–H groups in total. The molecule has 1 unspecified atom stereocenters. The zero-order valence-electron chi connectivity index (χ0n) is 15.9. The average Bonchev–Trinajstić information content (AvgIpc) is 3.15. The maximum absolute atomic E-state index is 12.6. The fraction of sp³-hybridized carbons (Fsp3) is 0.211. The molecule has 0 radical (unpaired) electrons. The van der Waals surface area contributed by atoms with Crippen molar-refractivity contribution >= 4 is 57.1 Å². The average molecular weight is 451 g/mol. The minimum Gasteiger partial charge on any atom is -0.497 e. The Hall–Kier alpha value is -2.49. The first-order valence-corrected chi connectivity index (χ1v) is 10.6. The lowest BCUT2D eigenvalue weighted by molar-refractivity contribution is -0.115. The fourth-order valence-electron chi connectivity index (χ4n) is 2.32. The minimum absolute atomic E-state index is 0.185. The molecule has 1 aromatic heterocycles. The van der Waals surface area contributed by atoms with Crippen LogP contribution in [-0.2, 0) is 4.79 Å². The third-order valence-corrected chi connectivity index (χ3v) is 6.07. The van der Waals surface area contributed by atoms with E-state index in [1.165, 1.54) is 30.2 Å². The number of thioether (sulfide) groups is 1. The highest BCUT2D eigenvalue weighted by Gasteiger charge is 2.19. The number of halogens is 1. The van der Waals surface area contributed by atoms with Crippen LogP contribution in [0.15, 0.2) is 46.8 Å². The van der Waals surface area contributed by atoms with Gasteiger partial charge in [0, 0.05) is 10.7 Å². The zero-order chi connectivity index (χ0) is 20.8. The largest absolute Gasteiger partial charge is 0.497 e. The van der Waals surface area contributed by atoms with Crippen LogP contribution in [0.2, 0.25) is 5.02 Å². The SMILES string of the molecule is COc1ccc(Nc2nnc(SC(C)C(=O)Nc3cc(Cl)ccc3OC)s2)cc1. The molecule has 1 atom stereocenters. The first kappa shape index (κ1) is 21.2. The smallest absolute Gasteiger partial charge is 0.237 e. The number of nitrogens with zero attached hydrogens (tertiary/aromatic N) is 2. The summed E-state index contributed by atoms with van der Waals surface area (Å²) in [6, 6.07) is 12.6. The second-order valence-corrected chi connectivity index (χ2v) is 8.82. The van der Waals surface area contributed by atoms with Gasteiger partial charge in [-0.15, -0.1) is 10.2 Å². The first-order valence-electron chi connectivity index (χ1n) is 8.54. The monoisotopic (exact) mass is 450 g/mol. The molecular weight excluding hydrogens is 432 g/mol. The van der Waals surface area contributed by atoms with E-state index < -0.39 is 0 Å². The maximum atomic E-state index is 12.6. The fourth-order valence-corrected chi connectivity index (χ4v) is 4.41. The number of nitrogens with one attached hydrogen (secondary N) is 2. The molecule has 0 fully saturated rings. The van der Waals surface area contributed by atoms with Crippen LogP contribution in [0.1, 0.15) is 6.92 Å². The van der Waals surface area contributed by atoms with E-state index in [0.29, 0.717) is 25.9 Å². The Bertz CT molecular complexity index is 982. The van der Waals surface area contributed by atoms with E-state index in [-0.39, 0.29) is 11.2 Å². The van der Waals surface area contributed by atoms with Gasteiger partial charge in [-0.1, -0.05) is 34.7 Å². The Morgan fingerprint density at radius 2 is 1.90 bits per heavy atom. The second kappa shape index (κ2) is 9.82. The number of hydrogen-bond acceptors (Lipinski definition) is 8. The molecular formula is C19H19ClN4O3S2. The molecule has 10 heteroatoms. The lowest BCUT2D eigenvalue weighted by atomic mass is 10.3. The highest BCUT2D eigenvalue weighted by atomic mass is 35.5. The van der Waals surface area contributed by atoms with Crippen molar-refractivity contribution in [2.24, 2.45) is 0 Å². The number of rotatable bonds is 8. The van der Waals surface area contributed by atoms with E-state index in [1.807, 2.05) is 24.3 Å². The van der Waals surface area contributed by atoms with Crippen LogP contribution in [0.4, 0.5) is 16.5 Å². The van der Waals surface area contributed by atoms with Gasteiger partial charge in [-0.05, 0) is 49.4 Å². The topological polar surface area (TPSA) is 85.4 Å². The summed E-state index contributed by atoms with van der Waals surface area (Å²) < 4.78 is 11.1. The van der Waals surface area contributed by atoms with Crippen LogP contribution in [-0.4, -0.2) is 35.6 Å². The molecule has 3 aromatic rings. The van der Waals surface area contributed by atoms with E-state index in [0.717, 1.165) is 11.4 Å². The number of carbonyl (C=O) groups is 1. The Kier molecular flexibility index (Phi) is 7.18. The van der Waals surface area contributed by atoms with E-state index >= 15 is 0 Å². The summed E-state index contributed by atoms with van der Waals surface area (Å²) in [4.78, 5) is 12.6. The van der Waals surface area contributed by atoms with Gasteiger partial charge >= 0.3 is 0 Å². The van der Waals surface area contributed by atoms with Gasteiger partial charge in [0.2, 0.25) is 11.0 Å². The molecule has 0 saturated heterocycles. The number of amides is 1. The lowest BCUT2D eigenvalue weighted by Crippen LogP contribution is -2.22. The third-order valence-electron chi connectivity index (χ3n) is 3.81. The summed E-state index contributed by atoms with van der Waals surface area (Å²) in [5.74, 6) is 1.14. The molecule has 0 spiro atoms. The number of ether oxygens (including phenoxy) is 2. The van der Waals surface area contributed by atoms with Crippen LogP contribution >= 0.6 is 34.7 Å². The molecule has 1 heterocycles. The number of aromatic nitrogens is 2. The maximum Gasteiger partial charge on any atom is 0.237 e. The van der Waals surface area contributed by atoms with Gasteiger partial charge in [-0.3, -0.25) is 4.79 Å². The molecule has 152 valence electrons. The van der Waals surface area contributed by atoms with Crippen molar-refractivity contribution in [1.29, 1.82) is 0 Å². The van der Waals surface area contributed by atoms with Crippen molar-refractivity contribution in [2.45, 2.75) is 16.5 Å². The predicted molar refractivity (Wildman–Crippen MR) is 118 cm³/mol. The number of anilines is 3. The van der Waals surface area contributed by atoms with E-state index in [2.05, 4.69) is 20.8 Å². The molecule has 0 aliphatic carbocycles. The third kappa shape index (κ3) is 5.75. The summed E-state index contributed by atoms with van der Waals surface area (Å²) in [6.07, 6.45) is 0. The van der Waals surface area contributed by atoms with Crippen molar-refractivity contribution in [3.63, 3.8) is 0 Å². The van der Waals surface area contributed by atoms with Gasteiger partial charge in [0.25, 0.3) is 0 Å². The van der Waals surface area contributed by atoms with Crippen molar-refractivity contribution in [1.82, 2.24) is 10.2 Å². The molecule has 2 aromatic carbocycles. The molecule has 0 bridgehead atoms. The van der Waals surface area contributed by atoms with Crippen LogP contribution in [0, 0.1) is 0 Å². The summed E-state index contributed by atoms with van der Waals surface area (Å²) in [7, 11) is 3.16. The van der Waals surface area contributed by atoms with Gasteiger partial charge in [-0.2, -0.15) is 0 Å². The van der Waals surface area contributed by atoms with Crippen molar-refractivity contribution in [3.05, 3.63) is 47.5 Å². The predicted octanol–water partition coefficient (Wildman–Crippen LogP) is 5.07. The van der Waals surface area contributed by atoms with Gasteiger partial charge in [0.1, 0.15) is 11.5 Å². The van der Waals surface area contributed by atoms with E-state index in [1.54, 1.807) is 32.2 Å². The Morgan fingerprint density at radius 1 is 1.14 bits per heavy atom. The van der Waals surface area contributed by atoms with Gasteiger partial charge < -0.3 is 20.1 Å². The molecule has 0 saturated carbocycles. The van der Waals surface area contributed by atoms with Crippen molar-refractivity contribution in [2.75, 3.05) is 24.9 Å². The summed E-state index contributed by atoms with van der Waals surface area (Å²) >= 11 is 8.71. The number of hydrogen-bond donors (Lipinski definition) is 2. The molecule has 3 rings (SSSR count). The van der Waals surface area contributed by atoms with Crippen LogP contribution in [0.3, 0.4) is 0 Å². The van der Waals surface area contributed by atoms with Gasteiger partial charge in [-0.25, -0.2) is 0 Å². The highest BCUT2D eigenvalue weighted by molar-refractivity contribution is 8.02. The number of methoxy groups -OCH3 is 2. The lowest BCUT2D eigenvalue weighted by Gasteiger charge is -2.13. The second-order valence-electron chi connectivity index (χ2n) is 5.82. The van der Waals surface area contributed by atoms with E-state index in [4.69, 9.17) is 21.1 Å². The summed E-state index contributed by atoms with van der Waals surface area (Å²) in [5.41, 5.74) is 1.40. The number of carbonyl (C=O) groups excluding carboxylic acids is 1. The standard InChI is InChI=1S/C19H19ClN4O3S2/c1-11(17(25)22-15-10-12(20)4-9-16(15)27-3)28-19-24-23-18(29-19)21-13-5-7-14(26-2)8-6-13/h4-11H,1-3H3,(H,21,23)(H,22,25). The van der Waals surface area contributed by atoms with Crippen LogP contribution < -0.4 is 20.1 Å². The summed E-state index contributed by atoms with van der Waals surface area (Å²) in [5, 5.41) is 15.1. The molecule has 29 heavy (non-hydrogen) atoms. The Morgan fingerprint density at radius 3 is 2.59 bits per heavy atom.